The maximum Gasteiger partial charge on any atom is 0.351 e. The highest BCUT2D eigenvalue weighted by Crippen LogP contribution is 2.27. The van der Waals surface area contributed by atoms with Gasteiger partial charge in [-0.25, -0.2) is 9.78 Å². The van der Waals surface area contributed by atoms with Crippen LogP contribution in [0.3, 0.4) is 0 Å². The average Bonchev–Trinajstić information content (AvgIpc) is 2.94. The second-order valence-corrected chi connectivity index (χ2v) is 5.25. The summed E-state index contributed by atoms with van der Waals surface area (Å²) in [6, 6.07) is 2.02. The van der Waals surface area contributed by atoms with Crippen molar-refractivity contribution < 1.29 is 9.53 Å². The van der Waals surface area contributed by atoms with E-state index >= 15 is 0 Å². The van der Waals surface area contributed by atoms with Gasteiger partial charge in [0.05, 0.1) is 7.11 Å². The number of rotatable bonds is 4. The number of ether oxygens (including phenoxy) is 1. The van der Waals surface area contributed by atoms with Crippen molar-refractivity contribution in [2.24, 2.45) is 0 Å². The SMILES string of the molecule is COC(=O)c1sc(NCc2ccsc2)nc1Cl. The van der Waals surface area contributed by atoms with Gasteiger partial charge in [-0.1, -0.05) is 22.9 Å². The van der Waals surface area contributed by atoms with Crippen LogP contribution in [0.25, 0.3) is 0 Å². The van der Waals surface area contributed by atoms with E-state index in [0.717, 1.165) is 0 Å². The topological polar surface area (TPSA) is 51.2 Å². The number of aromatic nitrogens is 1. The number of anilines is 1. The molecular formula is C10H9ClN2O2S2. The summed E-state index contributed by atoms with van der Waals surface area (Å²) < 4.78 is 4.60. The number of hydrogen-bond donors (Lipinski definition) is 1. The summed E-state index contributed by atoms with van der Waals surface area (Å²) in [5.74, 6) is -0.462. The number of methoxy groups -OCH3 is 1. The Morgan fingerprint density at radius 2 is 2.47 bits per heavy atom. The van der Waals surface area contributed by atoms with Gasteiger partial charge in [0.15, 0.2) is 15.2 Å². The molecule has 2 aromatic heterocycles. The molecule has 0 amide bonds. The molecule has 2 heterocycles. The van der Waals surface area contributed by atoms with Gasteiger partial charge in [0.2, 0.25) is 0 Å². The minimum absolute atomic E-state index is 0.176. The first-order valence-corrected chi connectivity index (χ1v) is 6.84. The number of carbonyl (C=O) groups excluding carboxylic acids is 1. The Morgan fingerprint density at radius 3 is 3.12 bits per heavy atom. The smallest absolute Gasteiger partial charge is 0.351 e. The van der Waals surface area contributed by atoms with Gasteiger partial charge in [0, 0.05) is 6.54 Å². The third-order valence-corrected chi connectivity index (χ3v) is 4.09. The van der Waals surface area contributed by atoms with E-state index in [4.69, 9.17) is 11.6 Å². The van der Waals surface area contributed by atoms with Crippen LogP contribution in [-0.2, 0) is 11.3 Å². The maximum atomic E-state index is 11.3. The van der Waals surface area contributed by atoms with E-state index in [1.54, 1.807) is 11.3 Å². The summed E-state index contributed by atoms with van der Waals surface area (Å²) in [6.45, 7) is 0.661. The Balaban J connectivity index is 2.05. The van der Waals surface area contributed by atoms with Gasteiger partial charge in [0.1, 0.15) is 0 Å². The third-order valence-electron chi connectivity index (χ3n) is 1.98. The van der Waals surface area contributed by atoms with Crippen LogP contribution in [-0.4, -0.2) is 18.1 Å². The van der Waals surface area contributed by atoms with E-state index in [-0.39, 0.29) is 5.15 Å². The molecular weight excluding hydrogens is 280 g/mol. The summed E-state index contributed by atoms with van der Waals surface area (Å²) in [7, 11) is 1.32. The fourth-order valence-corrected chi connectivity index (χ4v) is 2.93. The molecule has 0 atom stereocenters. The average molecular weight is 289 g/mol. The molecule has 2 aromatic rings. The van der Waals surface area contributed by atoms with Gasteiger partial charge in [-0.2, -0.15) is 11.3 Å². The molecule has 0 bridgehead atoms. The van der Waals surface area contributed by atoms with Gasteiger partial charge < -0.3 is 10.1 Å². The zero-order valence-electron chi connectivity index (χ0n) is 8.90. The molecule has 2 rings (SSSR count). The van der Waals surface area contributed by atoms with E-state index in [0.29, 0.717) is 16.6 Å². The lowest BCUT2D eigenvalue weighted by atomic mass is 10.3. The van der Waals surface area contributed by atoms with Crippen LogP contribution in [0.5, 0.6) is 0 Å². The number of nitrogens with zero attached hydrogens (tertiary/aromatic N) is 1. The van der Waals surface area contributed by atoms with Crippen LogP contribution in [0.2, 0.25) is 5.15 Å². The van der Waals surface area contributed by atoms with Gasteiger partial charge in [0.25, 0.3) is 0 Å². The van der Waals surface area contributed by atoms with Crippen molar-refractivity contribution in [2.45, 2.75) is 6.54 Å². The van der Waals surface area contributed by atoms with Crippen LogP contribution in [0, 0.1) is 0 Å². The van der Waals surface area contributed by atoms with E-state index in [1.807, 2.05) is 16.8 Å². The molecule has 0 aliphatic heterocycles. The van der Waals surface area contributed by atoms with Crippen LogP contribution < -0.4 is 5.32 Å². The summed E-state index contributed by atoms with van der Waals surface area (Å²) >= 11 is 8.66. The van der Waals surface area contributed by atoms with Gasteiger partial charge in [-0.15, -0.1) is 0 Å². The third kappa shape index (κ3) is 2.96. The lowest BCUT2D eigenvalue weighted by molar-refractivity contribution is 0.0606. The molecule has 17 heavy (non-hydrogen) atoms. The Hall–Kier alpha value is -1.11. The van der Waals surface area contributed by atoms with Crippen molar-refractivity contribution in [2.75, 3.05) is 12.4 Å². The molecule has 1 N–H and O–H groups in total. The van der Waals surface area contributed by atoms with Crippen molar-refractivity contribution in [1.82, 2.24) is 4.98 Å². The summed E-state index contributed by atoms with van der Waals surface area (Å²) in [5.41, 5.74) is 1.17. The number of nitrogens with one attached hydrogen (secondary N) is 1. The number of hydrogen-bond acceptors (Lipinski definition) is 6. The van der Waals surface area contributed by atoms with E-state index in [2.05, 4.69) is 15.0 Å². The predicted octanol–water partition coefficient (Wildman–Crippen LogP) is 3.26. The highest BCUT2D eigenvalue weighted by molar-refractivity contribution is 7.18. The Labute approximate surface area is 111 Å². The molecule has 0 unspecified atom stereocenters. The number of thiazole rings is 1. The first-order valence-electron chi connectivity index (χ1n) is 4.70. The lowest BCUT2D eigenvalue weighted by Gasteiger charge is -1.98. The van der Waals surface area contributed by atoms with Crippen LogP contribution >= 0.6 is 34.3 Å². The minimum Gasteiger partial charge on any atom is -0.465 e. The molecule has 0 aliphatic rings. The molecule has 0 fully saturated rings. The van der Waals surface area contributed by atoms with Crippen molar-refractivity contribution in [3.05, 3.63) is 32.4 Å². The molecule has 0 aromatic carbocycles. The van der Waals surface area contributed by atoms with E-state index < -0.39 is 5.97 Å². The first-order chi connectivity index (χ1) is 8.20. The van der Waals surface area contributed by atoms with Crippen molar-refractivity contribution in [3.63, 3.8) is 0 Å². The fraction of sp³-hybridized carbons (Fsp3) is 0.200. The number of esters is 1. The standard InChI is InChI=1S/C10H9ClN2O2S2/c1-15-9(14)7-8(11)13-10(17-7)12-4-6-2-3-16-5-6/h2-3,5H,4H2,1H3,(H,12,13). The predicted molar refractivity (Wildman–Crippen MR) is 70.1 cm³/mol. The zero-order chi connectivity index (χ0) is 12.3. The highest BCUT2D eigenvalue weighted by atomic mass is 35.5. The monoisotopic (exact) mass is 288 g/mol. The lowest BCUT2D eigenvalue weighted by Crippen LogP contribution is -1.98. The minimum atomic E-state index is -0.462. The highest BCUT2D eigenvalue weighted by Gasteiger charge is 2.16. The second-order valence-electron chi connectivity index (χ2n) is 3.12. The summed E-state index contributed by atoms with van der Waals surface area (Å²) in [6.07, 6.45) is 0. The van der Waals surface area contributed by atoms with Gasteiger partial charge >= 0.3 is 5.97 Å². The summed E-state index contributed by atoms with van der Waals surface area (Å²) in [4.78, 5) is 15.7. The first kappa shape index (κ1) is 12.3. The summed E-state index contributed by atoms with van der Waals surface area (Å²) in [5, 5.41) is 7.95. The molecule has 0 radical (unpaired) electrons. The van der Waals surface area contributed by atoms with Crippen molar-refractivity contribution in [3.8, 4) is 0 Å². The molecule has 7 heteroatoms. The Morgan fingerprint density at radius 1 is 1.65 bits per heavy atom. The molecule has 0 saturated heterocycles. The largest absolute Gasteiger partial charge is 0.465 e. The Kier molecular flexibility index (Phi) is 3.98. The van der Waals surface area contributed by atoms with Gasteiger partial charge in [-0.3, -0.25) is 0 Å². The van der Waals surface area contributed by atoms with Crippen molar-refractivity contribution >= 4 is 45.4 Å². The molecule has 0 aliphatic carbocycles. The fourth-order valence-electron chi connectivity index (χ4n) is 1.17. The second kappa shape index (κ2) is 5.48. The number of thiophene rings is 1. The van der Waals surface area contributed by atoms with Crippen LogP contribution in [0.4, 0.5) is 5.13 Å². The van der Waals surface area contributed by atoms with Gasteiger partial charge in [-0.05, 0) is 22.4 Å². The Bertz CT molecular complexity index is 510. The number of halogens is 1. The van der Waals surface area contributed by atoms with Crippen LogP contribution in [0.1, 0.15) is 15.2 Å². The quantitative estimate of drug-likeness (QED) is 0.878. The molecule has 90 valence electrons. The van der Waals surface area contributed by atoms with E-state index in [1.165, 1.54) is 24.0 Å². The van der Waals surface area contributed by atoms with Crippen molar-refractivity contribution in [1.29, 1.82) is 0 Å². The number of carbonyl (C=O) groups is 1. The normalized spacial score (nSPS) is 10.2. The van der Waals surface area contributed by atoms with E-state index in [9.17, 15) is 4.79 Å². The zero-order valence-corrected chi connectivity index (χ0v) is 11.3. The molecule has 0 saturated carbocycles. The molecule has 0 spiro atoms. The van der Waals surface area contributed by atoms with Crippen LogP contribution in [0.15, 0.2) is 16.8 Å². The molecule has 4 nitrogen and oxygen atoms in total. The maximum absolute atomic E-state index is 11.3.